The van der Waals surface area contributed by atoms with Gasteiger partial charge in [0.2, 0.25) is 0 Å². The third-order valence-corrected chi connectivity index (χ3v) is 1.78. The molecule has 0 spiro atoms. The van der Waals surface area contributed by atoms with Crippen molar-refractivity contribution in [2.24, 2.45) is 10.9 Å². The molecule has 0 saturated heterocycles. The van der Waals surface area contributed by atoms with Crippen LogP contribution in [0.2, 0.25) is 0 Å². The molecule has 0 amide bonds. The van der Waals surface area contributed by atoms with Gasteiger partial charge in [0.05, 0.1) is 4.92 Å². The van der Waals surface area contributed by atoms with Crippen LogP contribution in [0.25, 0.3) is 0 Å². The molecule has 18 heavy (non-hydrogen) atoms. The summed E-state index contributed by atoms with van der Waals surface area (Å²) >= 11 is 0. The monoisotopic (exact) mass is 262 g/mol. The van der Waals surface area contributed by atoms with Gasteiger partial charge in [-0.1, -0.05) is 5.16 Å². The molecule has 3 N–H and O–H groups in total. The van der Waals surface area contributed by atoms with Gasteiger partial charge in [-0.25, -0.2) is 13.8 Å². The van der Waals surface area contributed by atoms with E-state index >= 15 is 0 Å². The number of pyridine rings is 1. The average molecular weight is 262 g/mol. The number of amidine groups is 1. The van der Waals surface area contributed by atoms with Gasteiger partial charge in [-0.2, -0.15) is 0 Å². The van der Waals surface area contributed by atoms with E-state index in [1.807, 2.05) is 0 Å². The van der Waals surface area contributed by atoms with Crippen molar-refractivity contribution >= 4 is 11.5 Å². The fraction of sp³-hybridized carbons (Fsp3) is 0.250. The van der Waals surface area contributed by atoms with Crippen molar-refractivity contribution in [2.75, 3.05) is 6.61 Å². The largest absolute Gasteiger partial charge is 0.467 e. The molecule has 1 heterocycles. The number of halogens is 2. The number of nitrogens with two attached hydrogens (primary N) is 1. The summed E-state index contributed by atoms with van der Waals surface area (Å²) in [5.74, 6) is -0.958. The van der Waals surface area contributed by atoms with Gasteiger partial charge in [0.1, 0.15) is 0 Å². The minimum absolute atomic E-state index is 0.0337. The van der Waals surface area contributed by atoms with E-state index in [1.165, 1.54) is 0 Å². The summed E-state index contributed by atoms with van der Waals surface area (Å²) in [6.07, 6.45) is -1.78. The predicted octanol–water partition coefficient (Wildman–Crippen LogP) is 0.728. The highest BCUT2D eigenvalue weighted by atomic mass is 19.3. The van der Waals surface area contributed by atoms with Crippen LogP contribution >= 0.6 is 0 Å². The Morgan fingerprint density at radius 2 is 2.39 bits per heavy atom. The number of ether oxygens (including phenoxy) is 1. The number of hydrogen-bond acceptors (Lipinski definition) is 6. The lowest BCUT2D eigenvalue weighted by Gasteiger charge is -2.06. The standard InChI is InChI=1S/C8H8F2N4O4/c9-6(10)3-18-8-5(14(16)17)1-4(2-12-8)7(11)13-15/h1-2,6,15H,3H2,(H2,11,13). The first-order valence-electron chi connectivity index (χ1n) is 4.49. The van der Waals surface area contributed by atoms with Crippen LogP contribution in [0.4, 0.5) is 14.5 Å². The Balaban J connectivity index is 3.09. The van der Waals surface area contributed by atoms with E-state index in [0.29, 0.717) is 0 Å². The van der Waals surface area contributed by atoms with Crippen molar-refractivity contribution in [2.45, 2.75) is 6.43 Å². The highest BCUT2D eigenvalue weighted by Crippen LogP contribution is 2.25. The van der Waals surface area contributed by atoms with E-state index in [0.717, 1.165) is 12.3 Å². The van der Waals surface area contributed by atoms with E-state index in [-0.39, 0.29) is 5.56 Å². The van der Waals surface area contributed by atoms with Gasteiger partial charge in [0, 0.05) is 17.8 Å². The minimum Gasteiger partial charge on any atom is -0.467 e. The number of nitro groups is 1. The fourth-order valence-electron chi connectivity index (χ4n) is 1.02. The molecule has 1 aromatic rings. The molecule has 0 fully saturated rings. The lowest BCUT2D eigenvalue weighted by atomic mass is 10.2. The van der Waals surface area contributed by atoms with Gasteiger partial charge in [-0.15, -0.1) is 0 Å². The van der Waals surface area contributed by atoms with E-state index in [1.54, 1.807) is 0 Å². The van der Waals surface area contributed by atoms with Crippen molar-refractivity contribution in [3.05, 3.63) is 27.9 Å². The first-order chi connectivity index (χ1) is 8.45. The van der Waals surface area contributed by atoms with Gasteiger partial charge < -0.3 is 15.7 Å². The van der Waals surface area contributed by atoms with E-state index in [9.17, 15) is 18.9 Å². The molecule has 0 aliphatic rings. The highest BCUT2D eigenvalue weighted by molar-refractivity contribution is 5.97. The Morgan fingerprint density at radius 3 is 2.89 bits per heavy atom. The smallest absolute Gasteiger partial charge is 0.331 e. The highest BCUT2D eigenvalue weighted by Gasteiger charge is 2.20. The van der Waals surface area contributed by atoms with Gasteiger partial charge in [-0.05, 0) is 0 Å². The zero-order valence-electron chi connectivity index (χ0n) is 8.79. The molecule has 0 radical (unpaired) electrons. The Labute approximate surface area is 98.8 Å². The molecule has 0 saturated carbocycles. The van der Waals surface area contributed by atoms with E-state index < -0.39 is 35.4 Å². The van der Waals surface area contributed by atoms with Crippen LogP contribution in [0.1, 0.15) is 5.56 Å². The third kappa shape index (κ3) is 3.23. The topological polar surface area (TPSA) is 124 Å². The molecule has 0 aliphatic carbocycles. The van der Waals surface area contributed by atoms with Gasteiger partial charge >= 0.3 is 5.69 Å². The SMILES string of the molecule is NC(=NO)c1cnc(OCC(F)F)c([N+](=O)[O-])c1. The van der Waals surface area contributed by atoms with Crippen LogP contribution in [0, 0.1) is 10.1 Å². The van der Waals surface area contributed by atoms with Crippen molar-refractivity contribution < 1.29 is 23.6 Å². The number of rotatable bonds is 5. The summed E-state index contributed by atoms with van der Waals surface area (Å²) < 4.78 is 28.3. The zero-order chi connectivity index (χ0) is 13.7. The molecule has 98 valence electrons. The number of oxime groups is 1. The van der Waals surface area contributed by atoms with Gasteiger partial charge in [0.15, 0.2) is 12.4 Å². The number of nitrogens with zero attached hydrogens (tertiary/aromatic N) is 3. The molecule has 0 aliphatic heterocycles. The van der Waals surface area contributed by atoms with Crippen LogP contribution in [-0.2, 0) is 0 Å². The minimum atomic E-state index is -2.78. The van der Waals surface area contributed by atoms with Crippen LogP contribution in [0.5, 0.6) is 5.88 Å². The first-order valence-corrected chi connectivity index (χ1v) is 4.49. The summed E-state index contributed by atoms with van der Waals surface area (Å²) in [4.78, 5) is 13.3. The van der Waals surface area contributed by atoms with Crippen molar-refractivity contribution in [3.63, 3.8) is 0 Å². The molecule has 0 aromatic carbocycles. The molecule has 1 aromatic heterocycles. The Morgan fingerprint density at radius 1 is 1.72 bits per heavy atom. The second-order valence-electron chi connectivity index (χ2n) is 2.99. The normalized spacial score (nSPS) is 11.6. The molecule has 8 nitrogen and oxygen atoms in total. The van der Waals surface area contributed by atoms with Gasteiger partial charge in [-0.3, -0.25) is 10.1 Å². The lowest BCUT2D eigenvalue weighted by Crippen LogP contribution is -2.15. The molecule has 0 unspecified atom stereocenters. The molecular formula is C8H8F2N4O4. The van der Waals surface area contributed by atoms with Crippen LogP contribution in [-0.4, -0.2) is 34.0 Å². The molecular weight excluding hydrogens is 254 g/mol. The van der Waals surface area contributed by atoms with Crippen LogP contribution in [0.3, 0.4) is 0 Å². The van der Waals surface area contributed by atoms with Crippen molar-refractivity contribution in [3.8, 4) is 5.88 Å². The summed E-state index contributed by atoms with van der Waals surface area (Å²) in [7, 11) is 0. The molecule has 10 heteroatoms. The summed E-state index contributed by atoms with van der Waals surface area (Å²) in [6.45, 7) is -1.02. The quantitative estimate of drug-likeness (QED) is 0.265. The summed E-state index contributed by atoms with van der Waals surface area (Å²) in [6, 6.07) is 0.906. The second kappa shape index (κ2) is 5.70. The van der Waals surface area contributed by atoms with Gasteiger partial charge in [0.25, 0.3) is 12.3 Å². The summed E-state index contributed by atoms with van der Waals surface area (Å²) in [5, 5.41) is 21.7. The van der Waals surface area contributed by atoms with Crippen molar-refractivity contribution in [1.82, 2.24) is 4.98 Å². The second-order valence-corrected chi connectivity index (χ2v) is 2.99. The fourth-order valence-corrected chi connectivity index (χ4v) is 1.02. The first kappa shape index (κ1) is 13.5. The van der Waals surface area contributed by atoms with Crippen LogP contribution < -0.4 is 10.5 Å². The Bertz CT molecular complexity index is 480. The number of aromatic nitrogens is 1. The number of alkyl halides is 2. The van der Waals surface area contributed by atoms with Crippen LogP contribution in [0.15, 0.2) is 17.4 Å². The predicted molar refractivity (Wildman–Crippen MR) is 54.9 cm³/mol. The van der Waals surface area contributed by atoms with E-state index in [4.69, 9.17) is 10.9 Å². The van der Waals surface area contributed by atoms with E-state index in [2.05, 4.69) is 14.9 Å². The average Bonchev–Trinajstić information content (AvgIpc) is 2.34. The third-order valence-electron chi connectivity index (χ3n) is 1.78. The molecule has 0 atom stereocenters. The Hall–Kier alpha value is -2.52. The maximum atomic E-state index is 11.9. The van der Waals surface area contributed by atoms with Crippen molar-refractivity contribution in [1.29, 1.82) is 0 Å². The molecule has 1 rings (SSSR count). The number of hydrogen-bond donors (Lipinski definition) is 2. The Kier molecular flexibility index (Phi) is 4.29. The lowest BCUT2D eigenvalue weighted by molar-refractivity contribution is -0.386. The maximum absolute atomic E-state index is 11.9. The molecule has 0 bridgehead atoms. The zero-order valence-corrected chi connectivity index (χ0v) is 8.79. The summed E-state index contributed by atoms with van der Waals surface area (Å²) in [5.41, 5.74) is 4.53. The maximum Gasteiger partial charge on any atom is 0.331 e.